The van der Waals surface area contributed by atoms with Gasteiger partial charge in [-0.1, -0.05) is 119 Å². The highest BCUT2D eigenvalue weighted by atomic mass is 16.3. The van der Waals surface area contributed by atoms with Gasteiger partial charge in [0.05, 0.1) is 0 Å². The van der Waals surface area contributed by atoms with E-state index in [0.717, 1.165) is 27.8 Å². The normalized spacial score (nSPS) is 10.5. The Morgan fingerprint density at radius 3 is 1.28 bits per heavy atom. The topological polar surface area (TPSA) is 40.5 Å². The van der Waals surface area contributed by atoms with Crippen LogP contribution < -0.4 is 0 Å². The lowest BCUT2D eigenvalue weighted by Crippen LogP contribution is -2.25. The minimum atomic E-state index is -0.438. The van der Waals surface area contributed by atoms with Gasteiger partial charge in [-0.15, -0.1) is 0 Å². The van der Waals surface area contributed by atoms with Crippen molar-refractivity contribution in [1.82, 2.24) is 0 Å². The van der Waals surface area contributed by atoms with Crippen molar-refractivity contribution in [2.24, 2.45) is 0 Å². The van der Waals surface area contributed by atoms with Gasteiger partial charge in [0.1, 0.15) is 11.5 Å². The first-order valence-electron chi connectivity index (χ1n) is 13.0. The van der Waals surface area contributed by atoms with Gasteiger partial charge in [-0.2, -0.15) is 0 Å². The predicted molar refractivity (Wildman–Crippen MR) is 155 cm³/mol. The van der Waals surface area contributed by atoms with Crippen molar-refractivity contribution in [2.75, 3.05) is 0 Å². The van der Waals surface area contributed by atoms with Crippen molar-refractivity contribution in [2.45, 2.75) is 66.7 Å². The van der Waals surface area contributed by atoms with Crippen LogP contribution >= 0.6 is 0 Å². The highest BCUT2D eigenvalue weighted by molar-refractivity contribution is 5.65. The molecule has 4 aromatic carbocycles. The van der Waals surface area contributed by atoms with Gasteiger partial charge in [0.15, 0.2) is 0 Å². The van der Waals surface area contributed by atoms with Gasteiger partial charge in [0.2, 0.25) is 0 Å². The van der Waals surface area contributed by atoms with Crippen molar-refractivity contribution < 1.29 is 10.2 Å². The highest BCUT2D eigenvalue weighted by Crippen LogP contribution is 2.41. The minimum absolute atomic E-state index is 0.294. The Kier molecular flexibility index (Phi) is 10.8. The van der Waals surface area contributed by atoms with Crippen LogP contribution in [-0.2, 0) is 5.41 Å². The monoisotopic (exact) mass is 482 g/mol. The smallest absolute Gasteiger partial charge is 0.118 e. The van der Waals surface area contributed by atoms with Crippen molar-refractivity contribution in [3.8, 4) is 22.6 Å². The van der Waals surface area contributed by atoms with Gasteiger partial charge in [0, 0.05) is 5.41 Å². The Hall–Kier alpha value is -3.52. The molecule has 0 bridgehead atoms. The fourth-order valence-electron chi connectivity index (χ4n) is 4.06. The molecule has 0 aliphatic carbocycles. The first-order chi connectivity index (χ1) is 17.2. The summed E-state index contributed by atoms with van der Waals surface area (Å²) < 4.78 is 0. The molecule has 0 spiro atoms. The molecular weight excluding hydrogens is 440 g/mol. The van der Waals surface area contributed by atoms with Crippen molar-refractivity contribution in [3.63, 3.8) is 0 Å². The largest absolute Gasteiger partial charge is 0.508 e. The first-order valence-corrected chi connectivity index (χ1v) is 13.0. The summed E-state index contributed by atoms with van der Waals surface area (Å²) in [7, 11) is 0. The number of rotatable bonds is 4. The molecule has 0 saturated carbocycles. The standard InChI is InChI=1S/C28H26O2.2C3H8/c1-19-17-24(13-15-26(19)29)28(3,25-14-16-27(30)20(2)18-25)23-11-9-22(10-12-23)21-7-5-4-6-8-21;2*1-3-2/h4-18,29-30H,1-3H3;2*3H2,1-2H3. The fourth-order valence-corrected chi connectivity index (χ4v) is 4.06. The van der Waals surface area contributed by atoms with E-state index < -0.39 is 5.41 Å². The maximum atomic E-state index is 10.1. The average molecular weight is 483 g/mol. The molecule has 36 heavy (non-hydrogen) atoms. The van der Waals surface area contributed by atoms with Crippen molar-refractivity contribution in [1.29, 1.82) is 0 Å². The lowest BCUT2D eigenvalue weighted by molar-refractivity contribution is 0.470. The third kappa shape index (κ3) is 6.79. The van der Waals surface area contributed by atoms with Crippen LogP contribution in [0, 0.1) is 13.8 Å². The Labute approximate surface area is 218 Å². The van der Waals surface area contributed by atoms with Crippen LogP contribution in [0.2, 0.25) is 0 Å². The summed E-state index contributed by atoms with van der Waals surface area (Å²) in [5.41, 5.74) is 6.94. The number of aryl methyl sites for hydroxylation is 2. The Bertz CT molecular complexity index is 1150. The molecule has 0 radical (unpaired) electrons. The molecule has 2 nitrogen and oxygen atoms in total. The maximum absolute atomic E-state index is 10.1. The number of hydrogen-bond acceptors (Lipinski definition) is 2. The highest BCUT2D eigenvalue weighted by Gasteiger charge is 2.32. The Balaban J connectivity index is 0.000000693. The summed E-state index contributed by atoms with van der Waals surface area (Å²) in [5.74, 6) is 0.588. The number of phenols is 2. The van der Waals surface area contributed by atoms with E-state index in [9.17, 15) is 10.2 Å². The van der Waals surface area contributed by atoms with Gasteiger partial charge < -0.3 is 10.2 Å². The van der Waals surface area contributed by atoms with Crippen LogP contribution in [0.1, 0.15) is 75.3 Å². The van der Waals surface area contributed by atoms with E-state index in [4.69, 9.17) is 0 Å². The third-order valence-electron chi connectivity index (χ3n) is 6.12. The van der Waals surface area contributed by atoms with Crippen LogP contribution in [-0.4, -0.2) is 10.2 Å². The van der Waals surface area contributed by atoms with E-state index >= 15 is 0 Å². The van der Waals surface area contributed by atoms with Crippen molar-refractivity contribution >= 4 is 0 Å². The lowest BCUT2D eigenvalue weighted by Gasteiger charge is -2.33. The molecule has 0 aliphatic heterocycles. The van der Waals surface area contributed by atoms with E-state index in [1.807, 2.05) is 56.3 Å². The molecule has 2 N–H and O–H groups in total. The second kappa shape index (κ2) is 13.5. The zero-order valence-electron chi connectivity index (χ0n) is 23.0. The third-order valence-corrected chi connectivity index (χ3v) is 6.12. The van der Waals surface area contributed by atoms with Crippen LogP contribution in [0.25, 0.3) is 11.1 Å². The zero-order chi connectivity index (χ0) is 26.7. The lowest BCUT2D eigenvalue weighted by atomic mass is 9.70. The van der Waals surface area contributed by atoms with Gasteiger partial charge in [-0.05, 0) is 71.8 Å². The van der Waals surface area contributed by atoms with E-state index in [1.54, 1.807) is 12.1 Å². The number of hydrogen-bond donors (Lipinski definition) is 2. The fraction of sp³-hybridized carbons (Fsp3) is 0.294. The molecule has 0 heterocycles. The van der Waals surface area contributed by atoms with Crippen LogP contribution in [0.4, 0.5) is 0 Å². The molecule has 2 heteroatoms. The summed E-state index contributed by atoms with van der Waals surface area (Å²) in [5, 5.41) is 20.1. The predicted octanol–water partition coefficient (Wildman–Crippen LogP) is 9.57. The molecule has 4 rings (SSSR count). The second-order valence-corrected chi connectivity index (χ2v) is 9.49. The molecule has 4 aromatic rings. The number of phenolic OH excluding ortho intramolecular Hbond substituents is 2. The molecule has 0 amide bonds. The molecular formula is C34H42O2. The summed E-state index contributed by atoms with van der Waals surface area (Å²) >= 11 is 0. The summed E-state index contributed by atoms with van der Waals surface area (Å²) in [6.45, 7) is 14.5. The van der Waals surface area contributed by atoms with Crippen LogP contribution in [0.15, 0.2) is 91.0 Å². The van der Waals surface area contributed by atoms with Crippen molar-refractivity contribution in [3.05, 3.63) is 119 Å². The molecule has 0 saturated heterocycles. The van der Waals surface area contributed by atoms with Gasteiger partial charge >= 0.3 is 0 Å². The van der Waals surface area contributed by atoms with Crippen LogP contribution in [0.5, 0.6) is 11.5 Å². The SMILES string of the molecule is CCC.CCC.Cc1cc(C(C)(c2ccc(-c3ccccc3)cc2)c2ccc(O)c(C)c2)ccc1O. The van der Waals surface area contributed by atoms with Crippen LogP contribution in [0.3, 0.4) is 0 Å². The van der Waals surface area contributed by atoms with Gasteiger partial charge in [0.25, 0.3) is 0 Å². The average Bonchev–Trinajstić information content (AvgIpc) is 2.88. The number of benzene rings is 4. The Morgan fingerprint density at radius 1 is 0.528 bits per heavy atom. The Morgan fingerprint density at radius 2 is 0.889 bits per heavy atom. The zero-order valence-corrected chi connectivity index (χ0v) is 23.0. The molecule has 0 aliphatic rings. The van der Waals surface area contributed by atoms with Gasteiger partial charge in [-0.25, -0.2) is 0 Å². The first kappa shape index (κ1) is 28.7. The van der Waals surface area contributed by atoms with E-state index in [1.165, 1.54) is 24.0 Å². The molecule has 190 valence electrons. The quantitative estimate of drug-likeness (QED) is 0.284. The molecule has 0 fully saturated rings. The van der Waals surface area contributed by atoms with E-state index in [2.05, 4.69) is 71.0 Å². The minimum Gasteiger partial charge on any atom is -0.508 e. The second-order valence-electron chi connectivity index (χ2n) is 9.49. The maximum Gasteiger partial charge on any atom is 0.118 e. The van der Waals surface area contributed by atoms with Gasteiger partial charge in [-0.3, -0.25) is 0 Å². The number of aromatic hydroxyl groups is 2. The molecule has 0 aromatic heterocycles. The summed E-state index contributed by atoms with van der Waals surface area (Å²) in [6, 6.07) is 30.6. The molecule has 0 unspecified atom stereocenters. The van der Waals surface area contributed by atoms with E-state index in [-0.39, 0.29) is 0 Å². The molecule has 0 atom stereocenters. The summed E-state index contributed by atoms with van der Waals surface area (Å²) in [6.07, 6.45) is 2.50. The summed E-state index contributed by atoms with van der Waals surface area (Å²) in [4.78, 5) is 0. The van der Waals surface area contributed by atoms with E-state index in [0.29, 0.717) is 11.5 Å².